The van der Waals surface area contributed by atoms with Crippen molar-refractivity contribution in [3.05, 3.63) is 24.2 Å². The summed E-state index contributed by atoms with van der Waals surface area (Å²) in [5.74, 6) is 1.27. The summed E-state index contributed by atoms with van der Waals surface area (Å²) in [7, 11) is -0.871. The number of rotatable bonds is 7. The minimum absolute atomic E-state index is 0.139. The molecule has 1 saturated heterocycles. The zero-order valence-corrected chi connectivity index (χ0v) is 14.7. The summed E-state index contributed by atoms with van der Waals surface area (Å²) in [6, 6.07) is 3.56. The SMILES string of the molecule is COCc1nnc(N2CC(CS(=O)(=O)O)C2)n1-c1ccc(OC)nc1. The van der Waals surface area contributed by atoms with Crippen molar-refractivity contribution >= 4 is 16.1 Å². The topological polar surface area (TPSA) is 120 Å². The third kappa shape index (κ3) is 3.89. The summed E-state index contributed by atoms with van der Waals surface area (Å²) in [5, 5.41) is 8.34. The van der Waals surface area contributed by atoms with Gasteiger partial charge in [-0.15, -0.1) is 10.2 Å². The molecule has 0 spiro atoms. The van der Waals surface area contributed by atoms with E-state index in [1.165, 1.54) is 7.11 Å². The fourth-order valence-corrected chi connectivity index (χ4v) is 3.57. The van der Waals surface area contributed by atoms with Gasteiger partial charge >= 0.3 is 0 Å². The van der Waals surface area contributed by atoms with Gasteiger partial charge in [0.05, 0.1) is 24.7 Å². The van der Waals surface area contributed by atoms with Crippen LogP contribution in [-0.2, 0) is 21.5 Å². The Morgan fingerprint density at radius 1 is 1.28 bits per heavy atom. The molecule has 0 radical (unpaired) electrons. The molecule has 1 fully saturated rings. The van der Waals surface area contributed by atoms with Crippen molar-refractivity contribution in [2.75, 3.05) is 38.0 Å². The Morgan fingerprint density at radius 3 is 2.60 bits per heavy atom. The molecule has 0 aliphatic carbocycles. The van der Waals surface area contributed by atoms with E-state index in [0.717, 1.165) is 5.69 Å². The second-order valence-electron chi connectivity index (χ2n) is 5.76. The highest BCUT2D eigenvalue weighted by atomic mass is 32.2. The average molecular weight is 369 g/mol. The van der Waals surface area contributed by atoms with Gasteiger partial charge in [-0.2, -0.15) is 8.42 Å². The van der Waals surface area contributed by atoms with Crippen molar-refractivity contribution in [1.29, 1.82) is 0 Å². The lowest BCUT2D eigenvalue weighted by Crippen LogP contribution is -2.50. The number of methoxy groups -OCH3 is 2. The normalized spacial score (nSPS) is 15.2. The molecule has 1 N–H and O–H groups in total. The summed E-state index contributed by atoms with van der Waals surface area (Å²) < 4.78 is 43.0. The number of aromatic nitrogens is 4. The summed E-state index contributed by atoms with van der Waals surface area (Å²) in [4.78, 5) is 6.09. The standard InChI is InChI=1S/C14H19N5O5S/c1-23-8-12-16-17-14(18-6-10(7-18)9-25(20,21)22)19(12)11-3-4-13(24-2)15-5-11/h3-5,10H,6-9H2,1-2H3,(H,20,21,22). The van der Waals surface area contributed by atoms with E-state index < -0.39 is 10.1 Å². The number of hydrogen-bond acceptors (Lipinski definition) is 8. The minimum atomic E-state index is -3.98. The van der Waals surface area contributed by atoms with E-state index in [2.05, 4.69) is 15.2 Å². The largest absolute Gasteiger partial charge is 0.481 e. The first kappa shape index (κ1) is 17.6. The highest BCUT2D eigenvalue weighted by Gasteiger charge is 2.34. The van der Waals surface area contributed by atoms with Crippen LogP contribution in [0.4, 0.5) is 5.95 Å². The highest BCUT2D eigenvalue weighted by Crippen LogP contribution is 2.27. The van der Waals surface area contributed by atoms with Crippen molar-refractivity contribution in [2.45, 2.75) is 6.61 Å². The molecular weight excluding hydrogens is 350 g/mol. The lowest BCUT2D eigenvalue weighted by atomic mass is 10.0. The van der Waals surface area contributed by atoms with Gasteiger partial charge in [0.2, 0.25) is 11.8 Å². The van der Waals surface area contributed by atoms with Crippen LogP contribution in [-0.4, -0.2) is 65.8 Å². The molecule has 3 heterocycles. The highest BCUT2D eigenvalue weighted by molar-refractivity contribution is 7.85. The number of nitrogens with zero attached hydrogens (tertiary/aromatic N) is 5. The Kier molecular flexibility index (Phi) is 4.88. The van der Waals surface area contributed by atoms with Crippen LogP contribution in [0, 0.1) is 5.92 Å². The van der Waals surface area contributed by atoms with Crippen LogP contribution in [0.25, 0.3) is 5.69 Å². The van der Waals surface area contributed by atoms with Crippen LogP contribution in [0.5, 0.6) is 5.88 Å². The van der Waals surface area contributed by atoms with Crippen LogP contribution >= 0.6 is 0 Å². The predicted octanol–water partition coefficient (Wildman–Crippen LogP) is 0.141. The Labute approximate surface area is 145 Å². The summed E-state index contributed by atoms with van der Waals surface area (Å²) in [6.45, 7) is 1.20. The Morgan fingerprint density at radius 2 is 2.04 bits per heavy atom. The second-order valence-corrected chi connectivity index (χ2v) is 7.26. The molecule has 11 heteroatoms. The van der Waals surface area contributed by atoms with Crippen LogP contribution in [0.2, 0.25) is 0 Å². The van der Waals surface area contributed by atoms with Gasteiger partial charge in [0.15, 0.2) is 5.82 Å². The molecule has 2 aromatic heterocycles. The maximum Gasteiger partial charge on any atom is 0.265 e. The molecule has 2 aromatic rings. The van der Waals surface area contributed by atoms with Crippen LogP contribution in [0.1, 0.15) is 5.82 Å². The van der Waals surface area contributed by atoms with E-state index in [9.17, 15) is 8.42 Å². The number of pyridine rings is 1. The zero-order valence-electron chi connectivity index (χ0n) is 13.9. The molecule has 1 aliphatic rings. The Bertz CT molecular complexity index is 830. The summed E-state index contributed by atoms with van der Waals surface area (Å²) >= 11 is 0. The first-order valence-corrected chi connectivity index (χ1v) is 9.16. The molecule has 0 bridgehead atoms. The van der Waals surface area contributed by atoms with Gasteiger partial charge in [-0.05, 0) is 6.07 Å². The van der Waals surface area contributed by atoms with Gasteiger partial charge in [0.25, 0.3) is 10.1 Å². The molecule has 0 atom stereocenters. The van der Waals surface area contributed by atoms with Gasteiger partial charge in [-0.25, -0.2) is 4.98 Å². The van der Waals surface area contributed by atoms with Crippen molar-refractivity contribution in [3.63, 3.8) is 0 Å². The molecule has 0 amide bonds. The number of ether oxygens (including phenoxy) is 2. The lowest BCUT2D eigenvalue weighted by molar-refractivity contribution is 0.176. The van der Waals surface area contributed by atoms with Gasteiger partial charge in [-0.1, -0.05) is 0 Å². The van der Waals surface area contributed by atoms with Gasteiger partial charge in [0.1, 0.15) is 6.61 Å². The first-order valence-electron chi connectivity index (χ1n) is 7.55. The van der Waals surface area contributed by atoms with Gasteiger partial charge < -0.3 is 14.4 Å². The van der Waals surface area contributed by atoms with Crippen LogP contribution < -0.4 is 9.64 Å². The quantitative estimate of drug-likeness (QED) is 0.680. The van der Waals surface area contributed by atoms with E-state index >= 15 is 0 Å². The van der Waals surface area contributed by atoms with E-state index in [-0.39, 0.29) is 18.3 Å². The molecule has 0 unspecified atom stereocenters. The molecule has 0 saturated carbocycles. The van der Waals surface area contributed by atoms with E-state index in [1.807, 2.05) is 11.0 Å². The van der Waals surface area contributed by atoms with Crippen molar-refractivity contribution in [3.8, 4) is 11.6 Å². The minimum Gasteiger partial charge on any atom is -0.481 e. The van der Waals surface area contributed by atoms with Crippen molar-refractivity contribution in [1.82, 2.24) is 19.7 Å². The second kappa shape index (κ2) is 6.94. The average Bonchev–Trinajstić information content (AvgIpc) is 2.93. The Balaban J connectivity index is 1.85. The van der Waals surface area contributed by atoms with E-state index in [4.69, 9.17) is 14.0 Å². The molecule has 25 heavy (non-hydrogen) atoms. The van der Waals surface area contributed by atoms with Crippen molar-refractivity contribution in [2.24, 2.45) is 5.92 Å². The van der Waals surface area contributed by atoms with Crippen LogP contribution in [0.15, 0.2) is 18.3 Å². The predicted molar refractivity (Wildman–Crippen MR) is 88.5 cm³/mol. The van der Waals surface area contributed by atoms with E-state index in [1.54, 1.807) is 23.9 Å². The maximum absolute atomic E-state index is 11.0. The lowest BCUT2D eigenvalue weighted by Gasteiger charge is -2.39. The van der Waals surface area contributed by atoms with Crippen molar-refractivity contribution < 1.29 is 22.4 Å². The van der Waals surface area contributed by atoms with E-state index in [0.29, 0.717) is 30.7 Å². The summed E-state index contributed by atoms with van der Waals surface area (Å²) in [6.07, 6.45) is 1.64. The van der Waals surface area contributed by atoms with Crippen LogP contribution in [0.3, 0.4) is 0 Å². The van der Waals surface area contributed by atoms with Gasteiger partial charge in [-0.3, -0.25) is 9.12 Å². The molecule has 10 nitrogen and oxygen atoms in total. The third-order valence-electron chi connectivity index (χ3n) is 3.86. The Hall–Kier alpha value is -2.24. The maximum atomic E-state index is 11.0. The third-order valence-corrected chi connectivity index (χ3v) is 4.75. The zero-order chi connectivity index (χ0) is 18.0. The fraction of sp³-hybridized carbons (Fsp3) is 0.500. The number of anilines is 1. The first-order chi connectivity index (χ1) is 11.9. The smallest absolute Gasteiger partial charge is 0.265 e. The fourth-order valence-electron chi connectivity index (χ4n) is 2.76. The number of hydrogen-bond donors (Lipinski definition) is 1. The molecular formula is C14H19N5O5S. The summed E-state index contributed by atoms with van der Waals surface area (Å²) in [5.41, 5.74) is 0.742. The molecule has 1 aliphatic heterocycles. The monoisotopic (exact) mass is 369 g/mol. The van der Waals surface area contributed by atoms with Gasteiger partial charge in [0, 0.05) is 32.2 Å². The molecule has 0 aromatic carbocycles. The molecule has 3 rings (SSSR count). The molecule has 136 valence electrons.